The fraction of sp³-hybridized carbons (Fsp3) is 0.429. The lowest BCUT2D eigenvalue weighted by molar-refractivity contribution is 0.239. The minimum atomic E-state index is 0.184. The van der Waals surface area contributed by atoms with E-state index in [-0.39, 0.29) is 5.41 Å². The highest BCUT2D eigenvalue weighted by atomic mass is 16.5. The number of methoxy groups -OCH3 is 1. The Morgan fingerprint density at radius 2 is 1.80 bits per heavy atom. The smallest absolute Gasteiger partial charge is 0.0715 e. The minimum Gasteiger partial charge on any atom is -0.380 e. The van der Waals surface area contributed by atoms with Crippen LogP contribution < -0.4 is 0 Å². The van der Waals surface area contributed by atoms with Crippen molar-refractivity contribution in [3.8, 4) is 0 Å². The molecule has 0 heterocycles. The average molecular weight is 204 g/mol. The van der Waals surface area contributed by atoms with E-state index in [4.69, 9.17) is 4.74 Å². The lowest BCUT2D eigenvalue weighted by Gasteiger charge is -2.16. The van der Waals surface area contributed by atoms with Gasteiger partial charge in [-0.1, -0.05) is 57.2 Å². The van der Waals surface area contributed by atoms with E-state index >= 15 is 0 Å². The van der Waals surface area contributed by atoms with Crippen molar-refractivity contribution < 1.29 is 4.74 Å². The quantitative estimate of drug-likeness (QED) is 0.728. The van der Waals surface area contributed by atoms with Crippen molar-refractivity contribution >= 4 is 5.57 Å². The van der Waals surface area contributed by atoms with Gasteiger partial charge in [0.1, 0.15) is 0 Å². The first-order chi connectivity index (χ1) is 7.03. The third-order valence-electron chi connectivity index (χ3n) is 2.05. The van der Waals surface area contributed by atoms with E-state index in [1.807, 2.05) is 6.07 Å². The molecule has 0 bridgehead atoms. The van der Waals surface area contributed by atoms with Crippen molar-refractivity contribution in [2.24, 2.45) is 5.41 Å². The number of benzene rings is 1. The van der Waals surface area contributed by atoms with Crippen molar-refractivity contribution in [2.45, 2.75) is 20.8 Å². The zero-order valence-electron chi connectivity index (χ0n) is 10.1. The molecule has 0 aliphatic rings. The van der Waals surface area contributed by atoms with E-state index in [9.17, 15) is 0 Å². The van der Waals surface area contributed by atoms with E-state index in [1.54, 1.807) is 7.11 Å². The summed E-state index contributed by atoms with van der Waals surface area (Å²) >= 11 is 0. The summed E-state index contributed by atoms with van der Waals surface area (Å²) in [6, 6.07) is 10.4. The Labute approximate surface area is 92.8 Å². The van der Waals surface area contributed by atoms with Gasteiger partial charge in [-0.2, -0.15) is 0 Å². The number of allylic oxidation sites excluding steroid dienone is 1. The maximum atomic E-state index is 5.24. The van der Waals surface area contributed by atoms with Gasteiger partial charge in [-0.25, -0.2) is 0 Å². The topological polar surface area (TPSA) is 9.23 Å². The molecule has 0 spiro atoms. The van der Waals surface area contributed by atoms with Gasteiger partial charge in [0.25, 0.3) is 0 Å². The van der Waals surface area contributed by atoms with Gasteiger partial charge in [0.2, 0.25) is 0 Å². The van der Waals surface area contributed by atoms with Gasteiger partial charge in [0.05, 0.1) is 6.61 Å². The number of rotatable bonds is 3. The van der Waals surface area contributed by atoms with Crippen LogP contribution in [0.1, 0.15) is 26.3 Å². The van der Waals surface area contributed by atoms with E-state index in [0.29, 0.717) is 6.61 Å². The molecule has 1 aromatic rings. The summed E-state index contributed by atoms with van der Waals surface area (Å²) in [7, 11) is 1.74. The van der Waals surface area contributed by atoms with Gasteiger partial charge >= 0.3 is 0 Å². The molecular formula is C14H20O. The summed E-state index contributed by atoms with van der Waals surface area (Å²) in [4.78, 5) is 0. The molecule has 0 fully saturated rings. The molecule has 15 heavy (non-hydrogen) atoms. The third-order valence-corrected chi connectivity index (χ3v) is 2.05. The highest BCUT2D eigenvalue weighted by Gasteiger charge is 2.09. The van der Waals surface area contributed by atoms with Crippen LogP contribution in [-0.2, 0) is 4.74 Å². The van der Waals surface area contributed by atoms with Gasteiger partial charge in [-0.05, 0) is 16.6 Å². The maximum Gasteiger partial charge on any atom is 0.0715 e. The second-order valence-electron chi connectivity index (χ2n) is 4.83. The first-order valence-corrected chi connectivity index (χ1v) is 5.29. The van der Waals surface area contributed by atoms with Crippen molar-refractivity contribution in [3.63, 3.8) is 0 Å². The molecule has 0 saturated carbocycles. The zero-order chi connectivity index (χ0) is 11.3. The van der Waals surface area contributed by atoms with Crippen LogP contribution in [0, 0.1) is 5.41 Å². The van der Waals surface area contributed by atoms with Crippen LogP contribution >= 0.6 is 0 Å². The highest BCUT2D eigenvalue weighted by molar-refractivity contribution is 5.66. The molecule has 1 nitrogen and oxygen atoms in total. The summed E-state index contributed by atoms with van der Waals surface area (Å²) in [5, 5.41) is 0. The Balaban J connectivity index is 2.99. The first-order valence-electron chi connectivity index (χ1n) is 5.29. The molecule has 0 amide bonds. The Hall–Kier alpha value is -1.08. The van der Waals surface area contributed by atoms with Crippen molar-refractivity contribution in [3.05, 3.63) is 42.0 Å². The monoisotopic (exact) mass is 204 g/mol. The van der Waals surface area contributed by atoms with Crippen LogP contribution in [0.4, 0.5) is 0 Å². The summed E-state index contributed by atoms with van der Waals surface area (Å²) in [6.45, 7) is 7.27. The SMILES string of the molecule is COC/C(=C\C(C)(C)C)c1ccccc1. The first kappa shape index (κ1) is 12.0. The molecule has 82 valence electrons. The fourth-order valence-corrected chi connectivity index (χ4v) is 1.54. The van der Waals surface area contributed by atoms with Crippen LogP contribution in [0.5, 0.6) is 0 Å². The van der Waals surface area contributed by atoms with Crippen LogP contribution in [-0.4, -0.2) is 13.7 Å². The molecule has 0 aromatic heterocycles. The highest BCUT2D eigenvalue weighted by Crippen LogP contribution is 2.23. The minimum absolute atomic E-state index is 0.184. The molecule has 1 aromatic carbocycles. The largest absolute Gasteiger partial charge is 0.380 e. The standard InChI is InChI=1S/C14H20O/c1-14(2,3)10-13(11-15-4)12-8-6-5-7-9-12/h5-10H,11H2,1-4H3/b13-10+. The molecule has 0 unspecified atom stereocenters. The zero-order valence-corrected chi connectivity index (χ0v) is 10.1. The van der Waals surface area contributed by atoms with Crippen LogP contribution in [0.3, 0.4) is 0 Å². The van der Waals surface area contributed by atoms with Gasteiger partial charge < -0.3 is 4.74 Å². The molecule has 0 radical (unpaired) electrons. The molecule has 0 atom stereocenters. The van der Waals surface area contributed by atoms with Gasteiger partial charge in [-0.3, -0.25) is 0 Å². The molecular weight excluding hydrogens is 184 g/mol. The fourth-order valence-electron chi connectivity index (χ4n) is 1.54. The number of ether oxygens (including phenoxy) is 1. The maximum absolute atomic E-state index is 5.24. The Kier molecular flexibility index (Phi) is 4.10. The number of hydrogen-bond acceptors (Lipinski definition) is 1. The second kappa shape index (κ2) is 5.13. The Bertz CT molecular complexity index is 317. The Morgan fingerprint density at radius 3 is 2.27 bits per heavy atom. The lowest BCUT2D eigenvalue weighted by atomic mass is 9.91. The lowest BCUT2D eigenvalue weighted by Crippen LogP contribution is -2.04. The Morgan fingerprint density at radius 1 is 1.20 bits per heavy atom. The molecule has 1 heteroatoms. The molecule has 1 rings (SSSR count). The van der Waals surface area contributed by atoms with Crippen molar-refractivity contribution in [1.82, 2.24) is 0 Å². The summed E-state index contributed by atoms with van der Waals surface area (Å²) in [5.74, 6) is 0. The molecule has 0 saturated heterocycles. The van der Waals surface area contributed by atoms with Crippen molar-refractivity contribution in [2.75, 3.05) is 13.7 Å². The van der Waals surface area contributed by atoms with Crippen molar-refractivity contribution in [1.29, 1.82) is 0 Å². The number of hydrogen-bond donors (Lipinski definition) is 0. The second-order valence-corrected chi connectivity index (χ2v) is 4.83. The molecule has 0 N–H and O–H groups in total. The van der Waals surface area contributed by atoms with Crippen LogP contribution in [0.15, 0.2) is 36.4 Å². The predicted molar refractivity (Wildman–Crippen MR) is 65.8 cm³/mol. The van der Waals surface area contributed by atoms with E-state index < -0.39 is 0 Å². The van der Waals surface area contributed by atoms with E-state index in [2.05, 4.69) is 51.1 Å². The van der Waals surface area contributed by atoms with Gasteiger partial charge in [0, 0.05) is 7.11 Å². The summed E-state index contributed by atoms with van der Waals surface area (Å²) in [5.41, 5.74) is 2.68. The van der Waals surface area contributed by atoms with E-state index in [1.165, 1.54) is 11.1 Å². The molecule has 0 aliphatic heterocycles. The third kappa shape index (κ3) is 4.30. The van der Waals surface area contributed by atoms with Crippen LogP contribution in [0.2, 0.25) is 0 Å². The normalized spacial score (nSPS) is 12.9. The predicted octanol–water partition coefficient (Wildman–Crippen LogP) is 3.76. The van der Waals surface area contributed by atoms with E-state index in [0.717, 1.165) is 0 Å². The summed E-state index contributed by atoms with van der Waals surface area (Å²) in [6.07, 6.45) is 2.27. The van der Waals surface area contributed by atoms with Gasteiger partial charge in [-0.15, -0.1) is 0 Å². The average Bonchev–Trinajstić information content (AvgIpc) is 2.17. The molecule has 0 aliphatic carbocycles. The van der Waals surface area contributed by atoms with Gasteiger partial charge in [0.15, 0.2) is 0 Å². The van der Waals surface area contributed by atoms with Crippen LogP contribution in [0.25, 0.3) is 5.57 Å². The summed E-state index contributed by atoms with van der Waals surface area (Å²) < 4.78 is 5.24.